The number of phenolic OH excluding ortho intramolecular Hbond substituents is 1. The second kappa shape index (κ2) is 5.69. The third-order valence-corrected chi connectivity index (χ3v) is 1.64. The Labute approximate surface area is 94.1 Å². The van der Waals surface area contributed by atoms with Gasteiger partial charge in [-0.2, -0.15) is 5.11 Å². The van der Waals surface area contributed by atoms with Gasteiger partial charge in [-0.05, 0) is 17.7 Å². The van der Waals surface area contributed by atoms with Gasteiger partial charge in [0, 0.05) is 14.1 Å². The monoisotopic (exact) mass is 221 g/mol. The Hall–Kier alpha value is -2.11. The summed E-state index contributed by atoms with van der Waals surface area (Å²) in [5.74, 6) is 0.313. The Morgan fingerprint density at radius 1 is 1.44 bits per heavy atom. The molecule has 1 rings (SSSR count). The highest BCUT2D eigenvalue weighted by molar-refractivity contribution is 5.77. The Morgan fingerprint density at radius 2 is 2.19 bits per heavy atom. The normalized spacial score (nSPS) is 12.0. The van der Waals surface area contributed by atoms with Gasteiger partial charge in [-0.25, -0.2) is 0 Å². The van der Waals surface area contributed by atoms with Crippen LogP contribution in [-0.2, 0) is 6.54 Å². The van der Waals surface area contributed by atoms with Gasteiger partial charge in [0.05, 0.1) is 6.54 Å². The fourth-order valence-corrected chi connectivity index (χ4v) is 1.07. The molecule has 1 aromatic rings. The van der Waals surface area contributed by atoms with Crippen LogP contribution in [-0.4, -0.2) is 30.2 Å². The Balaban J connectivity index is 2.55. The summed E-state index contributed by atoms with van der Waals surface area (Å²) < 4.78 is 0. The molecule has 3 N–H and O–H groups in total. The molecule has 0 spiro atoms. The maximum atomic E-state index is 9.21. The van der Waals surface area contributed by atoms with Gasteiger partial charge in [-0.3, -0.25) is 5.01 Å². The van der Waals surface area contributed by atoms with E-state index in [0.29, 0.717) is 6.54 Å². The summed E-state index contributed by atoms with van der Waals surface area (Å²) in [6, 6.07) is 6.82. The largest absolute Gasteiger partial charge is 0.508 e. The van der Waals surface area contributed by atoms with E-state index < -0.39 is 0 Å². The second-order valence-corrected chi connectivity index (χ2v) is 3.37. The zero-order valence-electron chi connectivity index (χ0n) is 9.33. The minimum atomic E-state index is 0.102. The average molecular weight is 221 g/mol. The average Bonchev–Trinajstić information content (AvgIpc) is 2.16. The molecule has 0 atom stereocenters. The Morgan fingerprint density at radius 3 is 2.81 bits per heavy atom. The van der Waals surface area contributed by atoms with E-state index in [-0.39, 0.29) is 11.7 Å². The quantitative estimate of drug-likeness (QED) is 0.347. The first-order valence-corrected chi connectivity index (χ1v) is 4.75. The zero-order valence-corrected chi connectivity index (χ0v) is 9.33. The molecule has 0 fully saturated rings. The summed E-state index contributed by atoms with van der Waals surface area (Å²) in [5.41, 5.74) is 6.33. The van der Waals surface area contributed by atoms with Crippen LogP contribution in [0.4, 0.5) is 0 Å². The van der Waals surface area contributed by atoms with Crippen molar-refractivity contribution in [1.29, 1.82) is 0 Å². The number of hydrogen-bond donors (Lipinski definition) is 2. The first-order chi connectivity index (χ1) is 7.58. The van der Waals surface area contributed by atoms with Crippen molar-refractivity contribution in [3.8, 4) is 5.75 Å². The van der Waals surface area contributed by atoms with Crippen LogP contribution in [0.25, 0.3) is 0 Å². The highest BCUT2D eigenvalue weighted by atomic mass is 16.3. The van der Waals surface area contributed by atoms with Crippen LogP contribution in [0.1, 0.15) is 5.56 Å². The standard InChI is InChI=1S/C10H15N5O/c1-15(2)14-10(11)13-12-7-8-4-3-5-9(16)6-8/h3-6,16H,7H2,1-2H3,(H2,11,14). The number of hydrazone groups is 1. The molecule has 0 aliphatic heterocycles. The molecule has 86 valence electrons. The van der Waals surface area contributed by atoms with Crippen molar-refractivity contribution in [1.82, 2.24) is 5.01 Å². The van der Waals surface area contributed by atoms with Crippen LogP contribution in [0, 0.1) is 0 Å². The Kier molecular flexibility index (Phi) is 4.26. The van der Waals surface area contributed by atoms with Crippen LogP contribution in [0.15, 0.2) is 39.6 Å². The molecular weight excluding hydrogens is 206 g/mol. The Bertz CT molecular complexity index is 400. The van der Waals surface area contributed by atoms with Gasteiger partial charge >= 0.3 is 0 Å². The fourth-order valence-electron chi connectivity index (χ4n) is 1.07. The number of hydrogen-bond acceptors (Lipinski definition) is 4. The summed E-state index contributed by atoms with van der Waals surface area (Å²) in [7, 11) is 3.50. The molecule has 0 saturated carbocycles. The maximum Gasteiger partial charge on any atom is 0.256 e. The number of azo groups is 1. The van der Waals surface area contributed by atoms with E-state index in [1.807, 2.05) is 6.07 Å². The third kappa shape index (κ3) is 4.41. The molecular formula is C10H15N5O. The van der Waals surface area contributed by atoms with Gasteiger partial charge in [0.2, 0.25) is 0 Å². The van der Waals surface area contributed by atoms with E-state index in [2.05, 4.69) is 15.3 Å². The van der Waals surface area contributed by atoms with Crippen molar-refractivity contribution in [2.75, 3.05) is 14.1 Å². The number of guanidine groups is 1. The van der Waals surface area contributed by atoms with Crippen molar-refractivity contribution in [3.63, 3.8) is 0 Å². The lowest BCUT2D eigenvalue weighted by molar-refractivity contribution is 0.436. The van der Waals surface area contributed by atoms with Crippen molar-refractivity contribution in [2.24, 2.45) is 21.1 Å². The number of nitrogens with two attached hydrogens (primary N) is 1. The molecule has 0 heterocycles. The number of rotatable bonds is 3. The van der Waals surface area contributed by atoms with Crippen molar-refractivity contribution >= 4 is 5.96 Å². The van der Waals surface area contributed by atoms with E-state index in [9.17, 15) is 5.11 Å². The number of aromatic hydroxyl groups is 1. The SMILES string of the molecule is CN(C)N=C(N)N=NCc1cccc(O)c1. The highest BCUT2D eigenvalue weighted by Crippen LogP contribution is 2.11. The summed E-state index contributed by atoms with van der Waals surface area (Å²) in [6.45, 7) is 0.359. The predicted molar refractivity (Wildman–Crippen MR) is 62.0 cm³/mol. The number of benzene rings is 1. The zero-order chi connectivity index (χ0) is 12.0. The molecule has 16 heavy (non-hydrogen) atoms. The lowest BCUT2D eigenvalue weighted by atomic mass is 10.2. The van der Waals surface area contributed by atoms with Gasteiger partial charge in [-0.1, -0.05) is 12.1 Å². The van der Waals surface area contributed by atoms with Crippen molar-refractivity contribution < 1.29 is 5.11 Å². The van der Waals surface area contributed by atoms with Crippen LogP contribution < -0.4 is 5.73 Å². The molecule has 0 aliphatic carbocycles. The van der Waals surface area contributed by atoms with E-state index in [0.717, 1.165) is 5.56 Å². The van der Waals surface area contributed by atoms with E-state index in [1.165, 1.54) is 0 Å². The smallest absolute Gasteiger partial charge is 0.256 e. The van der Waals surface area contributed by atoms with Gasteiger partial charge in [0.1, 0.15) is 5.75 Å². The summed E-state index contributed by atoms with van der Waals surface area (Å²) in [5, 5.41) is 22.2. The van der Waals surface area contributed by atoms with Gasteiger partial charge in [0.15, 0.2) is 0 Å². The maximum absolute atomic E-state index is 9.21. The molecule has 0 aliphatic rings. The van der Waals surface area contributed by atoms with Crippen LogP contribution in [0.3, 0.4) is 0 Å². The second-order valence-electron chi connectivity index (χ2n) is 3.37. The molecule has 0 saturated heterocycles. The lowest BCUT2D eigenvalue weighted by Gasteiger charge is -2.02. The van der Waals surface area contributed by atoms with Crippen LogP contribution in [0.5, 0.6) is 5.75 Å². The predicted octanol–water partition coefficient (Wildman–Crippen LogP) is 1.14. The summed E-state index contributed by atoms with van der Waals surface area (Å²) in [4.78, 5) is 0. The molecule has 1 aromatic carbocycles. The third-order valence-electron chi connectivity index (χ3n) is 1.64. The van der Waals surface area contributed by atoms with Crippen molar-refractivity contribution in [2.45, 2.75) is 6.54 Å². The van der Waals surface area contributed by atoms with Gasteiger partial charge in [-0.15, -0.1) is 10.2 Å². The van der Waals surface area contributed by atoms with E-state index in [1.54, 1.807) is 37.3 Å². The molecule has 0 amide bonds. The molecule has 0 aromatic heterocycles. The van der Waals surface area contributed by atoms with Crippen LogP contribution >= 0.6 is 0 Å². The summed E-state index contributed by atoms with van der Waals surface area (Å²) >= 11 is 0. The highest BCUT2D eigenvalue weighted by Gasteiger charge is 1.93. The molecule has 0 radical (unpaired) electrons. The summed E-state index contributed by atoms with van der Waals surface area (Å²) in [6.07, 6.45) is 0. The first kappa shape index (κ1) is 12.0. The van der Waals surface area contributed by atoms with Crippen LogP contribution in [0.2, 0.25) is 0 Å². The fraction of sp³-hybridized carbons (Fsp3) is 0.300. The number of phenols is 1. The van der Waals surface area contributed by atoms with Gasteiger partial charge in [0.25, 0.3) is 5.96 Å². The molecule has 6 heteroatoms. The molecule has 6 nitrogen and oxygen atoms in total. The van der Waals surface area contributed by atoms with Crippen molar-refractivity contribution in [3.05, 3.63) is 29.8 Å². The lowest BCUT2D eigenvalue weighted by Crippen LogP contribution is -2.14. The number of nitrogens with zero attached hydrogens (tertiary/aromatic N) is 4. The molecule has 0 unspecified atom stereocenters. The minimum Gasteiger partial charge on any atom is -0.508 e. The topological polar surface area (TPSA) is 86.6 Å². The van der Waals surface area contributed by atoms with E-state index >= 15 is 0 Å². The first-order valence-electron chi connectivity index (χ1n) is 4.75. The van der Waals surface area contributed by atoms with E-state index in [4.69, 9.17) is 5.73 Å². The molecule has 0 bridgehead atoms. The minimum absolute atomic E-state index is 0.102. The van der Waals surface area contributed by atoms with Gasteiger partial charge < -0.3 is 10.8 Å².